The smallest absolute Gasteiger partial charge is 0.324 e. The number of carbonyl (C=O) groups excluding carboxylic acids is 1. The number of rotatable bonds is 7. The summed E-state index contributed by atoms with van der Waals surface area (Å²) in [6.45, 7) is 5.33. The van der Waals surface area contributed by atoms with E-state index in [4.69, 9.17) is 4.74 Å². The van der Waals surface area contributed by atoms with Crippen molar-refractivity contribution in [2.24, 2.45) is 0 Å². The Hall–Kier alpha value is -2.67. The largest absolute Gasteiger partial charge is 0.491 e. The fourth-order valence-corrected chi connectivity index (χ4v) is 2.16. The second kappa shape index (κ2) is 8.98. The zero-order valence-electron chi connectivity index (χ0n) is 15.2. The minimum atomic E-state index is -0.387. The second-order valence-electron chi connectivity index (χ2n) is 6.13. The number of ether oxygens (including phenoxy) is 1. The van der Waals surface area contributed by atoms with Crippen LogP contribution in [0.25, 0.3) is 0 Å². The summed E-state index contributed by atoms with van der Waals surface area (Å²) in [5, 5.41) is 5.47. The lowest BCUT2D eigenvalue weighted by Crippen LogP contribution is -2.21. The molecule has 25 heavy (non-hydrogen) atoms. The number of nitrogens with zero attached hydrogens (tertiary/aromatic N) is 3. The molecule has 1 heterocycles. The molecule has 7 nitrogen and oxygen atoms in total. The lowest BCUT2D eigenvalue weighted by atomic mass is 10.2. The summed E-state index contributed by atoms with van der Waals surface area (Å²) in [5.74, 6) is 1.04. The van der Waals surface area contributed by atoms with Gasteiger partial charge in [-0.15, -0.1) is 0 Å². The van der Waals surface area contributed by atoms with E-state index >= 15 is 0 Å². The number of urea groups is 1. The van der Waals surface area contributed by atoms with Crippen molar-refractivity contribution in [3.63, 3.8) is 0 Å². The van der Waals surface area contributed by atoms with Crippen LogP contribution in [0.5, 0.6) is 5.75 Å². The summed E-state index contributed by atoms with van der Waals surface area (Å²) < 4.78 is 5.81. The normalized spacial score (nSPS) is 10.6. The number of anilines is 2. The number of benzene rings is 1. The maximum atomic E-state index is 12.2. The van der Waals surface area contributed by atoms with Gasteiger partial charge in [0.1, 0.15) is 5.75 Å². The first-order chi connectivity index (χ1) is 11.9. The Labute approximate surface area is 148 Å². The highest BCUT2D eigenvalue weighted by molar-refractivity contribution is 6.00. The van der Waals surface area contributed by atoms with Crippen molar-refractivity contribution in [1.82, 2.24) is 14.9 Å². The Morgan fingerprint density at radius 2 is 1.96 bits per heavy atom. The maximum Gasteiger partial charge on any atom is 0.324 e. The van der Waals surface area contributed by atoms with E-state index in [2.05, 4.69) is 25.5 Å². The molecule has 2 aromatic rings. The molecule has 134 valence electrons. The van der Waals surface area contributed by atoms with Crippen LogP contribution >= 0.6 is 0 Å². The van der Waals surface area contributed by atoms with Crippen LogP contribution in [0.3, 0.4) is 0 Å². The van der Waals surface area contributed by atoms with Gasteiger partial charge in [-0.3, -0.25) is 10.3 Å². The van der Waals surface area contributed by atoms with Crippen LogP contribution in [0.4, 0.5) is 16.3 Å². The molecule has 0 unspecified atom stereocenters. The summed E-state index contributed by atoms with van der Waals surface area (Å²) in [6.07, 6.45) is 4.02. The first kappa shape index (κ1) is 18.7. The second-order valence-corrected chi connectivity index (χ2v) is 6.13. The zero-order chi connectivity index (χ0) is 18.2. The number of aryl methyl sites for hydroxylation is 2. The van der Waals surface area contributed by atoms with Gasteiger partial charge in [-0.1, -0.05) is 6.07 Å². The van der Waals surface area contributed by atoms with Gasteiger partial charge in [0.25, 0.3) is 0 Å². The van der Waals surface area contributed by atoms with Crippen molar-refractivity contribution in [3.8, 4) is 5.75 Å². The summed E-state index contributed by atoms with van der Waals surface area (Å²) in [4.78, 5) is 22.5. The molecule has 2 amide bonds. The Kier molecular flexibility index (Phi) is 6.71. The van der Waals surface area contributed by atoms with E-state index in [0.29, 0.717) is 23.9 Å². The van der Waals surface area contributed by atoms with Gasteiger partial charge in [0, 0.05) is 6.54 Å². The fraction of sp³-hybridized carbons (Fsp3) is 0.389. The molecule has 1 aromatic carbocycles. The van der Waals surface area contributed by atoms with Gasteiger partial charge in [0.05, 0.1) is 30.4 Å². The van der Waals surface area contributed by atoms with Crippen LogP contribution < -0.4 is 15.4 Å². The SMILES string of the molecule is Cc1ccc(OCCCN(C)C)c(NC(=O)Nc2cnc(C)cn2)c1. The number of aromatic nitrogens is 2. The van der Waals surface area contributed by atoms with E-state index < -0.39 is 0 Å². The molecule has 0 atom stereocenters. The molecule has 0 spiro atoms. The molecule has 7 heteroatoms. The first-order valence-electron chi connectivity index (χ1n) is 8.19. The first-order valence-corrected chi connectivity index (χ1v) is 8.19. The van der Waals surface area contributed by atoms with Gasteiger partial charge >= 0.3 is 6.03 Å². The van der Waals surface area contributed by atoms with Crippen molar-refractivity contribution in [2.75, 3.05) is 37.9 Å². The van der Waals surface area contributed by atoms with Gasteiger partial charge in [-0.2, -0.15) is 0 Å². The molecule has 2 rings (SSSR count). The summed E-state index contributed by atoms with van der Waals surface area (Å²) in [7, 11) is 4.05. The highest BCUT2D eigenvalue weighted by Gasteiger charge is 2.09. The molecule has 0 saturated carbocycles. The molecular formula is C18H25N5O2. The van der Waals surface area contributed by atoms with Crippen LogP contribution in [-0.2, 0) is 0 Å². The number of nitrogens with one attached hydrogen (secondary N) is 2. The lowest BCUT2D eigenvalue weighted by Gasteiger charge is -2.15. The highest BCUT2D eigenvalue weighted by atomic mass is 16.5. The Morgan fingerprint density at radius 1 is 1.16 bits per heavy atom. The van der Waals surface area contributed by atoms with Gasteiger partial charge in [0.15, 0.2) is 5.82 Å². The van der Waals surface area contributed by atoms with Crippen molar-refractivity contribution in [2.45, 2.75) is 20.3 Å². The molecule has 1 aromatic heterocycles. The van der Waals surface area contributed by atoms with E-state index in [1.165, 1.54) is 6.20 Å². The van der Waals surface area contributed by atoms with E-state index in [-0.39, 0.29) is 6.03 Å². The van der Waals surface area contributed by atoms with Crippen molar-refractivity contribution in [1.29, 1.82) is 0 Å². The number of amides is 2. The Bertz CT molecular complexity index is 701. The molecule has 0 aliphatic carbocycles. The van der Waals surface area contributed by atoms with Crippen LogP contribution in [0, 0.1) is 13.8 Å². The van der Waals surface area contributed by atoms with Gasteiger partial charge in [-0.05, 0) is 52.1 Å². The topological polar surface area (TPSA) is 79.4 Å². The van der Waals surface area contributed by atoms with Crippen molar-refractivity contribution >= 4 is 17.5 Å². The van der Waals surface area contributed by atoms with Crippen LogP contribution in [0.2, 0.25) is 0 Å². The number of hydrogen-bond acceptors (Lipinski definition) is 5. The molecule has 0 bridgehead atoms. The van der Waals surface area contributed by atoms with Gasteiger partial charge in [-0.25, -0.2) is 9.78 Å². The molecular weight excluding hydrogens is 318 g/mol. The van der Waals surface area contributed by atoms with E-state index in [9.17, 15) is 4.79 Å². The van der Waals surface area contributed by atoms with Crippen LogP contribution in [0.15, 0.2) is 30.6 Å². The lowest BCUT2D eigenvalue weighted by molar-refractivity contribution is 0.261. The van der Waals surface area contributed by atoms with Crippen molar-refractivity contribution in [3.05, 3.63) is 41.9 Å². The third kappa shape index (κ3) is 6.39. The average Bonchev–Trinajstić information content (AvgIpc) is 2.55. The third-order valence-electron chi connectivity index (χ3n) is 3.41. The fourth-order valence-electron chi connectivity index (χ4n) is 2.16. The minimum absolute atomic E-state index is 0.387. The molecule has 0 aliphatic rings. The summed E-state index contributed by atoms with van der Waals surface area (Å²) in [6, 6.07) is 5.31. The minimum Gasteiger partial charge on any atom is -0.491 e. The molecule has 0 saturated heterocycles. The van der Waals surface area contributed by atoms with Gasteiger partial charge in [0.2, 0.25) is 0 Å². The van der Waals surface area contributed by atoms with Crippen LogP contribution in [-0.4, -0.2) is 48.1 Å². The van der Waals surface area contributed by atoms with Crippen LogP contribution in [0.1, 0.15) is 17.7 Å². The number of carbonyl (C=O) groups is 1. The molecule has 2 N–H and O–H groups in total. The maximum absolute atomic E-state index is 12.2. The summed E-state index contributed by atoms with van der Waals surface area (Å²) in [5.41, 5.74) is 2.45. The highest BCUT2D eigenvalue weighted by Crippen LogP contribution is 2.26. The Morgan fingerprint density at radius 3 is 2.64 bits per heavy atom. The molecule has 0 fully saturated rings. The average molecular weight is 343 g/mol. The van der Waals surface area contributed by atoms with E-state index in [1.54, 1.807) is 6.20 Å². The monoisotopic (exact) mass is 343 g/mol. The standard InChI is InChI=1S/C18H25N5O2/c1-13-6-7-16(25-9-5-8-23(3)4)15(10-13)21-18(24)22-17-12-19-14(2)11-20-17/h6-7,10-12H,5,8-9H2,1-4H3,(H2,20,21,22,24). The van der Waals surface area contributed by atoms with E-state index in [1.807, 2.05) is 46.1 Å². The number of hydrogen-bond donors (Lipinski definition) is 2. The Balaban J connectivity index is 1.98. The summed E-state index contributed by atoms with van der Waals surface area (Å²) >= 11 is 0. The van der Waals surface area contributed by atoms with E-state index in [0.717, 1.165) is 24.2 Å². The predicted molar refractivity (Wildman–Crippen MR) is 99.3 cm³/mol. The third-order valence-corrected chi connectivity index (χ3v) is 3.41. The molecule has 0 aliphatic heterocycles. The molecule has 0 radical (unpaired) electrons. The van der Waals surface area contributed by atoms with Gasteiger partial charge < -0.3 is 15.0 Å². The van der Waals surface area contributed by atoms with Crippen molar-refractivity contribution < 1.29 is 9.53 Å². The zero-order valence-corrected chi connectivity index (χ0v) is 15.2. The quantitative estimate of drug-likeness (QED) is 0.755. The predicted octanol–water partition coefficient (Wildman–Crippen LogP) is 3.07.